The molecule has 3 aromatic rings. The van der Waals surface area contributed by atoms with E-state index in [1.54, 1.807) is 23.0 Å². The summed E-state index contributed by atoms with van der Waals surface area (Å²) in [5, 5.41) is 4.33. The zero-order valence-corrected chi connectivity index (χ0v) is 13.6. The average Bonchev–Trinajstić information content (AvgIpc) is 2.85. The lowest BCUT2D eigenvalue weighted by Crippen LogP contribution is -2.07. The Bertz CT molecular complexity index is 913. The van der Waals surface area contributed by atoms with E-state index in [1.807, 2.05) is 19.9 Å². The highest BCUT2D eigenvalue weighted by molar-refractivity contribution is 5.35. The number of nitrogens with zero attached hydrogens (tertiary/aromatic N) is 3. The van der Waals surface area contributed by atoms with E-state index in [4.69, 9.17) is 0 Å². The molecule has 0 bridgehead atoms. The van der Waals surface area contributed by atoms with E-state index < -0.39 is 17.6 Å². The summed E-state index contributed by atoms with van der Waals surface area (Å²) >= 11 is 0. The summed E-state index contributed by atoms with van der Waals surface area (Å²) < 4.78 is 53.7. The average molecular weight is 349 g/mol. The van der Waals surface area contributed by atoms with Gasteiger partial charge in [0.25, 0.3) is 0 Å². The smallest absolute Gasteiger partial charge is 0.237 e. The molecule has 130 valence electrons. The Hall–Kier alpha value is -2.70. The Morgan fingerprint density at radius 3 is 2.40 bits per heavy atom. The Balaban J connectivity index is 1.93. The van der Waals surface area contributed by atoms with Gasteiger partial charge in [0.2, 0.25) is 0 Å². The van der Waals surface area contributed by atoms with Crippen molar-refractivity contribution in [2.24, 2.45) is 0 Å². The Morgan fingerprint density at radius 1 is 1.00 bits per heavy atom. The topological polar surface area (TPSA) is 30.7 Å². The SMILES string of the molecule is Cc1cc(C)n(-c2cc(Cc3cc(F)cc(C(F)(F)F)c3)ccn2)n1. The Morgan fingerprint density at radius 2 is 1.76 bits per heavy atom. The summed E-state index contributed by atoms with van der Waals surface area (Å²) in [5.41, 5.74) is 1.71. The molecular formula is C18H15F4N3. The van der Waals surface area contributed by atoms with E-state index in [2.05, 4.69) is 10.1 Å². The van der Waals surface area contributed by atoms with E-state index in [1.165, 1.54) is 0 Å². The first-order valence-electron chi connectivity index (χ1n) is 7.57. The molecule has 7 heteroatoms. The first-order chi connectivity index (χ1) is 11.7. The third-order valence-electron chi connectivity index (χ3n) is 3.73. The van der Waals surface area contributed by atoms with Gasteiger partial charge < -0.3 is 0 Å². The molecule has 1 aromatic carbocycles. The predicted molar refractivity (Wildman–Crippen MR) is 85.0 cm³/mol. The number of hydrogen-bond acceptors (Lipinski definition) is 2. The largest absolute Gasteiger partial charge is 0.416 e. The fourth-order valence-electron chi connectivity index (χ4n) is 2.70. The minimum absolute atomic E-state index is 0.162. The molecule has 3 nitrogen and oxygen atoms in total. The lowest BCUT2D eigenvalue weighted by Gasteiger charge is -2.10. The van der Waals surface area contributed by atoms with Gasteiger partial charge >= 0.3 is 6.18 Å². The van der Waals surface area contributed by atoms with E-state index in [0.29, 0.717) is 11.9 Å². The van der Waals surface area contributed by atoms with Gasteiger partial charge in [0.05, 0.1) is 11.3 Å². The maximum Gasteiger partial charge on any atom is 0.416 e. The van der Waals surface area contributed by atoms with Crippen LogP contribution < -0.4 is 0 Å². The van der Waals surface area contributed by atoms with Gasteiger partial charge in [0, 0.05) is 11.9 Å². The first kappa shape index (κ1) is 17.1. The molecular weight excluding hydrogens is 334 g/mol. The summed E-state index contributed by atoms with van der Waals surface area (Å²) in [6.45, 7) is 3.75. The quantitative estimate of drug-likeness (QED) is 0.645. The lowest BCUT2D eigenvalue weighted by atomic mass is 10.0. The van der Waals surface area contributed by atoms with E-state index in [9.17, 15) is 17.6 Å². The van der Waals surface area contributed by atoms with Crippen molar-refractivity contribution < 1.29 is 17.6 Å². The summed E-state index contributed by atoms with van der Waals surface area (Å²) in [6, 6.07) is 7.89. The molecule has 3 rings (SSSR count). The minimum atomic E-state index is -4.58. The molecule has 0 atom stereocenters. The van der Waals surface area contributed by atoms with Crippen LogP contribution in [0.5, 0.6) is 0 Å². The van der Waals surface area contributed by atoms with Crippen molar-refractivity contribution in [2.45, 2.75) is 26.4 Å². The van der Waals surface area contributed by atoms with Crippen LogP contribution in [-0.2, 0) is 12.6 Å². The van der Waals surface area contributed by atoms with Gasteiger partial charge in [-0.05, 0) is 67.8 Å². The van der Waals surface area contributed by atoms with E-state index in [0.717, 1.165) is 29.1 Å². The van der Waals surface area contributed by atoms with Crippen LogP contribution >= 0.6 is 0 Å². The van der Waals surface area contributed by atoms with Gasteiger partial charge in [0.15, 0.2) is 5.82 Å². The van der Waals surface area contributed by atoms with Crippen molar-refractivity contribution in [1.82, 2.24) is 14.8 Å². The summed E-state index contributed by atoms with van der Waals surface area (Å²) in [4.78, 5) is 4.25. The number of pyridine rings is 1. The van der Waals surface area contributed by atoms with Crippen molar-refractivity contribution in [3.63, 3.8) is 0 Å². The molecule has 0 unspecified atom stereocenters. The van der Waals surface area contributed by atoms with Crippen molar-refractivity contribution in [2.75, 3.05) is 0 Å². The monoisotopic (exact) mass is 349 g/mol. The van der Waals surface area contributed by atoms with Gasteiger partial charge in [0.1, 0.15) is 5.82 Å². The van der Waals surface area contributed by atoms with Crippen LogP contribution in [-0.4, -0.2) is 14.8 Å². The van der Waals surface area contributed by atoms with Crippen LogP contribution in [0, 0.1) is 19.7 Å². The fourth-order valence-corrected chi connectivity index (χ4v) is 2.70. The van der Waals surface area contributed by atoms with Gasteiger partial charge in [-0.25, -0.2) is 14.1 Å². The third-order valence-corrected chi connectivity index (χ3v) is 3.73. The van der Waals surface area contributed by atoms with Gasteiger partial charge in [-0.2, -0.15) is 18.3 Å². The first-order valence-corrected chi connectivity index (χ1v) is 7.57. The van der Waals surface area contributed by atoms with Gasteiger partial charge in [-0.1, -0.05) is 0 Å². The zero-order chi connectivity index (χ0) is 18.2. The van der Waals surface area contributed by atoms with Crippen molar-refractivity contribution >= 4 is 0 Å². The number of alkyl halides is 3. The minimum Gasteiger partial charge on any atom is -0.237 e. The molecule has 0 aliphatic carbocycles. The molecule has 0 radical (unpaired) electrons. The summed E-state index contributed by atoms with van der Waals surface area (Å²) in [6.07, 6.45) is -2.86. The second-order valence-electron chi connectivity index (χ2n) is 5.88. The molecule has 2 aromatic heterocycles. The normalized spacial score (nSPS) is 11.8. The van der Waals surface area contributed by atoms with Crippen LogP contribution in [0.2, 0.25) is 0 Å². The molecule has 0 aliphatic heterocycles. The summed E-state index contributed by atoms with van der Waals surface area (Å²) in [7, 11) is 0. The maximum atomic E-state index is 13.5. The van der Waals surface area contributed by atoms with Gasteiger partial charge in [-0.3, -0.25) is 0 Å². The summed E-state index contributed by atoms with van der Waals surface area (Å²) in [5.74, 6) is -0.340. The predicted octanol–water partition coefficient (Wildman–Crippen LogP) is 4.63. The molecule has 0 fully saturated rings. The van der Waals surface area contributed by atoms with E-state index in [-0.39, 0.29) is 12.0 Å². The van der Waals surface area contributed by atoms with Crippen LogP contribution in [0.1, 0.15) is 28.1 Å². The zero-order valence-electron chi connectivity index (χ0n) is 13.6. The van der Waals surface area contributed by atoms with Crippen molar-refractivity contribution in [3.05, 3.63) is 76.5 Å². The number of rotatable bonds is 3. The highest BCUT2D eigenvalue weighted by atomic mass is 19.4. The van der Waals surface area contributed by atoms with E-state index >= 15 is 0 Å². The van der Waals surface area contributed by atoms with Crippen molar-refractivity contribution in [3.8, 4) is 5.82 Å². The molecule has 0 saturated carbocycles. The third kappa shape index (κ3) is 3.87. The lowest BCUT2D eigenvalue weighted by molar-refractivity contribution is -0.137. The number of benzene rings is 1. The highest BCUT2D eigenvalue weighted by Gasteiger charge is 2.31. The molecule has 2 heterocycles. The standard InChI is InChI=1S/C18H15F4N3/c1-11-5-12(2)25(24-11)17-9-13(3-4-23-17)6-14-7-15(18(20,21)22)10-16(19)8-14/h3-5,7-10H,6H2,1-2H3. The number of halogens is 4. The molecule has 0 saturated heterocycles. The maximum absolute atomic E-state index is 13.5. The fraction of sp³-hybridized carbons (Fsp3) is 0.222. The molecule has 25 heavy (non-hydrogen) atoms. The molecule has 0 spiro atoms. The number of hydrogen-bond donors (Lipinski definition) is 0. The highest BCUT2D eigenvalue weighted by Crippen LogP contribution is 2.31. The Kier molecular flexibility index (Phi) is 4.32. The number of aromatic nitrogens is 3. The molecule has 0 N–H and O–H groups in total. The molecule has 0 amide bonds. The van der Waals surface area contributed by atoms with Crippen LogP contribution in [0.4, 0.5) is 17.6 Å². The van der Waals surface area contributed by atoms with Crippen LogP contribution in [0.3, 0.4) is 0 Å². The second-order valence-corrected chi connectivity index (χ2v) is 5.88. The second kappa shape index (κ2) is 6.31. The van der Waals surface area contributed by atoms with Crippen molar-refractivity contribution in [1.29, 1.82) is 0 Å². The Labute approximate surface area is 141 Å². The number of aryl methyl sites for hydroxylation is 2. The van der Waals surface area contributed by atoms with Gasteiger partial charge in [-0.15, -0.1) is 0 Å². The molecule has 0 aliphatic rings. The van der Waals surface area contributed by atoms with Crippen LogP contribution in [0.25, 0.3) is 5.82 Å². The van der Waals surface area contributed by atoms with Crippen LogP contribution in [0.15, 0.2) is 42.6 Å².